The van der Waals surface area contributed by atoms with Crippen LogP contribution in [0.2, 0.25) is 0 Å². The Kier molecular flexibility index (Phi) is 6.47. The maximum atomic E-state index is 13.6. The molecule has 0 aliphatic carbocycles. The molecule has 8 heteroatoms. The van der Waals surface area contributed by atoms with Gasteiger partial charge in [0.25, 0.3) is 0 Å². The Morgan fingerprint density at radius 3 is 2.84 bits per heavy atom. The van der Waals surface area contributed by atoms with Crippen molar-refractivity contribution in [2.24, 2.45) is 0 Å². The number of nitrogens with one attached hydrogen (secondary N) is 1. The Morgan fingerprint density at radius 2 is 2.06 bits per heavy atom. The lowest BCUT2D eigenvalue weighted by atomic mass is 10.1. The Balaban J connectivity index is 1.61. The van der Waals surface area contributed by atoms with E-state index < -0.39 is 0 Å². The average Bonchev–Trinajstić information content (AvgIpc) is 3.28. The van der Waals surface area contributed by atoms with Crippen molar-refractivity contribution in [3.05, 3.63) is 66.5 Å². The van der Waals surface area contributed by atoms with Gasteiger partial charge in [0.15, 0.2) is 0 Å². The second-order valence-corrected chi connectivity index (χ2v) is 7.44. The molecular formula is C23H24FN5O2. The fourth-order valence-corrected chi connectivity index (χ4v) is 3.64. The van der Waals surface area contributed by atoms with Gasteiger partial charge in [-0.25, -0.2) is 14.4 Å². The van der Waals surface area contributed by atoms with Gasteiger partial charge in [-0.2, -0.15) is 0 Å². The van der Waals surface area contributed by atoms with E-state index in [4.69, 9.17) is 14.7 Å². The van der Waals surface area contributed by atoms with Crippen LogP contribution in [0.1, 0.15) is 24.6 Å². The number of benzene rings is 1. The maximum Gasteiger partial charge on any atom is 0.224 e. The fraction of sp³-hybridized carbons (Fsp3) is 0.304. The number of anilines is 2. The van der Waals surface area contributed by atoms with E-state index in [1.54, 1.807) is 31.6 Å². The summed E-state index contributed by atoms with van der Waals surface area (Å²) in [6.45, 7) is 1.65. The zero-order chi connectivity index (χ0) is 21.6. The quantitative estimate of drug-likeness (QED) is 0.626. The minimum atomic E-state index is -0.324. The number of hydrogen-bond donors (Lipinski definition) is 1. The molecule has 0 saturated carbocycles. The summed E-state index contributed by atoms with van der Waals surface area (Å²) in [6, 6.07) is 11.8. The minimum absolute atomic E-state index is 0.0290. The topological polar surface area (TPSA) is 80.2 Å². The molecule has 3 aromatic rings. The van der Waals surface area contributed by atoms with Crippen LogP contribution in [0.15, 0.2) is 54.9 Å². The lowest BCUT2D eigenvalue weighted by Crippen LogP contribution is -2.29. The zero-order valence-electron chi connectivity index (χ0n) is 17.3. The molecule has 0 bridgehead atoms. The molecule has 0 unspecified atom stereocenters. The third kappa shape index (κ3) is 5.21. The van der Waals surface area contributed by atoms with Gasteiger partial charge in [0.1, 0.15) is 17.5 Å². The largest absolute Gasteiger partial charge is 0.384 e. The van der Waals surface area contributed by atoms with Gasteiger partial charge < -0.3 is 15.0 Å². The number of nitrogens with zero attached hydrogens (tertiary/aromatic N) is 4. The molecule has 1 fully saturated rings. The van der Waals surface area contributed by atoms with Gasteiger partial charge in [0.05, 0.1) is 18.7 Å². The van der Waals surface area contributed by atoms with Crippen molar-refractivity contribution >= 4 is 17.4 Å². The zero-order valence-corrected chi connectivity index (χ0v) is 17.3. The number of likely N-dealkylation sites (tertiary alicyclic amines) is 1. The number of rotatable bonds is 7. The summed E-state index contributed by atoms with van der Waals surface area (Å²) >= 11 is 0. The summed E-state index contributed by atoms with van der Waals surface area (Å²) in [4.78, 5) is 27.8. The van der Waals surface area contributed by atoms with Crippen LogP contribution in [-0.4, -0.2) is 52.6 Å². The fourth-order valence-electron chi connectivity index (χ4n) is 3.64. The van der Waals surface area contributed by atoms with E-state index in [9.17, 15) is 9.18 Å². The van der Waals surface area contributed by atoms with E-state index in [0.29, 0.717) is 43.4 Å². The molecule has 160 valence electrons. The van der Waals surface area contributed by atoms with Gasteiger partial charge in [-0.15, -0.1) is 0 Å². The van der Waals surface area contributed by atoms with Crippen LogP contribution >= 0.6 is 0 Å². The standard InChI is InChI=1S/C23H24FN5O2/c1-31-12-8-22(30)29-11-7-17(15-29)23-27-20(16-5-9-25-10-6-16)14-21(28-23)26-19-4-2-3-18(24)13-19/h2-6,9-10,13-14,17H,7-8,11-12,15H2,1H3,(H,26,27,28)/t17-/m0/s1. The smallest absolute Gasteiger partial charge is 0.224 e. The van der Waals surface area contributed by atoms with Crippen LogP contribution in [0.5, 0.6) is 0 Å². The van der Waals surface area contributed by atoms with Crippen molar-refractivity contribution in [1.82, 2.24) is 19.9 Å². The number of carbonyl (C=O) groups excluding carboxylic acids is 1. The van der Waals surface area contributed by atoms with Crippen molar-refractivity contribution in [3.63, 3.8) is 0 Å². The lowest BCUT2D eigenvalue weighted by Gasteiger charge is -2.17. The van der Waals surface area contributed by atoms with Crippen LogP contribution in [0.4, 0.5) is 15.9 Å². The van der Waals surface area contributed by atoms with Gasteiger partial charge in [0, 0.05) is 55.8 Å². The second kappa shape index (κ2) is 9.61. The van der Waals surface area contributed by atoms with E-state index in [0.717, 1.165) is 17.7 Å². The molecule has 0 spiro atoms. The van der Waals surface area contributed by atoms with Crippen LogP contribution in [0.25, 0.3) is 11.3 Å². The van der Waals surface area contributed by atoms with Crippen LogP contribution in [0, 0.1) is 5.82 Å². The first kappa shape index (κ1) is 20.9. The lowest BCUT2D eigenvalue weighted by molar-refractivity contribution is -0.131. The van der Waals surface area contributed by atoms with Crippen molar-refractivity contribution in [1.29, 1.82) is 0 Å². The molecule has 1 aromatic carbocycles. The summed E-state index contributed by atoms with van der Waals surface area (Å²) in [5.41, 5.74) is 2.26. The van der Waals surface area contributed by atoms with E-state index in [1.807, 2.05) is 23.1 Å². The summed E-state index contributed by atoms with van der Waals surface area (Å²) in [5, 5.41) is 3.18. The minimum Gasteiger partial charge on any atom is -0.384 e. The van der Waals surface area contributed by atoms with Gasteiger partial charge >= 0.3 is 0 Å². The number of methoxy groups -OCH3 is 1. The highest BCUT2D eigenvalue weighted by molar-refractivity contribution is 5.76. The van der Waals surface area contributed by atoms with Gasteiger partial charge in [-0.05, 0) is 36.8 Å². The van der Waals surface area contributed by atoms with Crippen molar-refractivity contribution in [3.8, 4) is 11.3 Å². The van der Waals surface area contributed by atoms with E-state index >= 15 is 0 Å². The monoisotopic (exact) mass is 421 g/mol. The van der Waals surface area contributed by atoms with Crippen molar-refractivity contribution < 1.29 is 13.9 Å². The Morgan fingerprint density at radius 1 is 1.23 bits per heavy atom. The summed E-state index contributed by atoms with van der Waals surface area (Å²) < 4.78 is 18.6. The molecule has 1 N–H and O–H groups in total. The third-order valence-corrected chi connectivity index (χ3v) is 5.24. The predicted octanol–water partition coefficient (Wildman–Crippen LogP) is 3.77. The Hall–Kier alpha value is -3.39. The molecule has 7 nitrogen and oxygen atoms in total. The first-order valence-corrected chi connectivity index (χ1v) is 10.2. The summed E-state index contributed by atoms with van der Waals surface area (Å²) in [7, 11) is 1.59. The molecule has 1 aliphatic heterocycles. The molecule has 3 heterocycles. The molecule has 0 radical (unpaired) electrons. The number of halogens is 1. The highest BCUT2D eigenvalue weighted by Crippen LogP contribution is 2.29. The molecule has 1 aliphatic rings. The average molecular weight is 421 g/mol. The molecule has 1 saturated heterocycles. The number of aromatic nitrogens is 3. The first-order valence-electron chi connectivity index (χ1n) is 10.2. The van der Waals surface area contributed by atoms with E-state index in [1.165, 1.54) is 12.1 Å². The maximum absolute atomic E-state index is 13.6. The van der Waals surface area contributed by atoms with Crippen molar-refractivity contribution in [2.75, 3.05) is 32.1 Å². The first-order chi connectivity index (χ1) is 15.1. The van der Waals surface area contributed by atoms with Crippen LogP contribution in [-0.2, 0) is 9.53 Å². The third-order valence-electron chi connectivity index (χ3n) is 5.24. The highest BCUT2D eigenvalue weighted by atomic mass is 19.1. The van der Waals surface area contributed by atoms with Crippen LogP contribution < -0.4 is 5.32 Å². The van der Waals surface area contributed by atoms with Crippen molar-refractivity contribution in [2.45, 2.75) is 18.8 Å². The number of hydrogen-bond acceptors (Lipinski definition) is 6. The molecule has 1 amide bonds. The molecule has 2 aromatic heterocycles. The number of pyridine rings is 1. The van der Waals surface area contributed by atoms with Crippen LogP contribution in [0.3, 0.4) is 0 Å². The van der Waals surface area contributed by atoms with Gasteiger partial charge in [-0.1, -0.05) is 6.07 Å². The summed E-state index contributed by atoms with van der Waals surface area (Å²) in [6.07, 6.45) is 4.58. The second-order valence-electron chi connectivity index (χ2n) is 7.44. The number of carbonyl (C=O) groups is 1. The van der Waals surface area contributed by atoms with E-state index in [2.05, 4.69) is 10.3 Å². The normalized spacial score (nSPS) is 15.8. The highest BCUT2D eigenvalue weighted by Gasteiger charge is 2.29. The molecule has 4 rings (SSSR count). The number of ether oxygens (including phenoxy) is 1. The molecule has 31 heavy (non-hydrogen) atoms. The van der Waals surface area contributed by atoms with Gasteiger partial charge in [-0.3, -0.25) is 9.78 Å². The number of amides is 1. The van der Waals surface area contributed by atoms with E-state index in [-0.39, 0.29) is 17.6 Å². The molecular weight excluding hydrogens is 397 g/mol. The summed E-state index contributed by atoms with van der Waals surface area (Å²) in [5.74, 6) is 1.02. The predicted molar refractivity (Wildman–Crippen MR) is 115 cm³/mol. The SMILES string of the molecule is COCCC(=O)N1CC[C@H](c2nc(Nc3cccc(F)c3)cc(-c3ccncc3)n2)C1. The molecule has 1 atom stereocenters. The van der Waals surface area contributed by atoms with Gasteiger partial charge in [0.2, 0.25) is 5.91 Å². The Labute approximate surface area is 180 Å². The Bertz CT molecular complexity index is 1050.